The first-order chi connectivity index (χ1) is 8.15. The molecule has 0 spiro atoms. The van der Waals surface area contributed by atoms with Crippen LogP contribution >= 0.6 is 15.9 Å². The van der Waals surface area contributed by atoms with E-state index in [0.717, 1.165) is 0 Å². The van der Waals surface area contributed by atoms with Crippen LogP contribution < -0.4 is 4.74 Å². The van der Waals surface area contributed by atoms with E-state index in [1.807, 2.05) is 0 Å². The van der Waals surface area contributed by atoms with Crippen molar-refractivity contribution in [2.24, 2.45) is 0 Å². The van der Waals surface area contributed by atoms with Crippen LogP contribution in [0.15, 0.2) is 41.0 Å². The van der Waals surface area contributed by atoms with Gasteiger partial charge in [-0.25, -0.2) is 8.78 Å². The third kappa shape index (κ3) is 3.23. The Labute approximate surface area is 105 Å². The highest BCUT2D eigenvalue weighted by molar-refractivity contribution is 9.10. The van der Waals surface area contributed by atoms with Gasteiger partial charge in [-0.3, -0.25) is 4.98 Å². The van der Waals surface area contributed by atoms with Crippen LogP contribution in [0.5, 0.6) is 5.75 Å². The number of rotatable bonds is 3. The van der Waals surface area contributed by atoms with Crippen LogP contribution in [0.3, 0.4) is 0 Å². The van der Waals surface area contributed by atoms with Crippen molar-refractivity contribution in [2.75, 3.05) is 0 Å². The summed E-state index contributed by atoms with van der Waals surface area (Å²) in [7, 11) is 0. The number of hydrogen-bond donors (Lipinski definition) is 0. The summed E-state index contributed by atoms with van der Waals surface area (Å²) in [6.45, 7) is 0.00471. The van der Waals surface area contributed by atoms with Gasteiger partial charge >= 0.3 is 0 Å². The molecule has 0 unspecified atom stereocenters. The van der Waals surface area contributed by atoms with E-state index in [0.29, 0.717) is 10.2 Å². The maximum atomic E-state index is 13.4. The Morgan fingerprint density at radius 3 is 2.53 bits per heavy atom. The fourth-order valence-corrected chi connectivity index (χ4v) is 1.53. The first-order valence-electron chi connectivity index (χ1n) is 4.83. The van der Waals surface area contributed by atoms with Gasteiger partial charge < -0.3 is 4.74 Å². The lowest BCUT2D eigenvalue weighted by molar-refractivity contribution is 0.293. The van der Waals surface area contributed by atoms with Crippen LogP contribution in [0, 0.1) is 11.6 Å². The van der Waals surface area contributed by atoms with E-state index in [4.69, 9.17) is 4.74 Å². The van der Waals surface area contributed by atoms with Crippen LogP contribution in [-0.4, -0.2) is 4.98 Å². The number of pyridine rings is 1. The molecule has 0 aliphatic rings. The lowest BCUT2D eigenvalue weighted by Crippen LogP contribution is -2.01. The summed E-state index contributed by atoms with van der Waals surface area (Å²) >= 11 is 3.12. The largest absolute Gasteiger partial charge is 0.487 e. The first kappa shape index (κ1) is 12.0. The van der Waals surface area contributed by atoms with E-state index in [1.54, 1.807) is 0 Å². The molecule has 1 aromatic heterocycles. The summed E-state index contributed by atoms with van der Waals surface area (Å²) in [5.74, 6) is -0.317. The van der Waals surface area contributed by atoms with Crippen molar-refractivity contribution in [2.45, 2.75) is 6.61 Å². The smallest absolute Gasteiger partial charge is 0.149 e. The number of benzene rings is 1. The second-order valence-corrected chi connectivity index (χ2v) is 4.24. The zero-order valence-electron chi connectivity index (χ0n) is 8.66. The molecule has 0 aliphatic carbocycles. The van der Waals surface area contributed by atoms with E-state index >= 15 is 0 Å². The van der Waals surface area contributed by atoms with Crippen molar-refractivity contribution in [1.82, 2.24) is 4.98 Å². The summed E-state index contributed by atoms with van der Waals surface area (Å²) in [5.41, 5.74) is 0.206. The zero-order chi connectivity index (χ0) is 12.3. The Kier molecular flexibility index (Phi) is 3.68. The number of halogens is 3. The molecule has 1 aromatic carbocycles. The molecule has 0 saturated carbocycles. The van der Waals surface area contributed by atoms with Crippen molar-refractivity contribution in [1.29, 1.82) is 0 Å². The molecular weight excluding hydrogens is 292 g/mol. The minimum atomic E-state index is -0.443. The monoisotopic (exact) mass is 299 g/mol. The highest BCUT2D eigenvalue weighted by atomic mass is 79.9. The molecule has 0 fully saturated rings. The molecule has 88 valence electrons. The highest BCUT2D eigenvalue weighted by Crippen LogP contribution is 2.16. The minimum Gasteiger partial charge on any atom is -0.487 e. The normalized spacial score (nSPS) is 10.3. The molecule has 0 radical (unpaired) electrons. The van der Waals surface area contributed by atoms with Crippen molar-refractivity contribution in [3.8, 4) is 5.75 Å². The topological polar surface area (TPSA) is 22.1 Å². The summed E-state index contributed by atoms with van der Waals surface area (Å²) in [5, 5.41) is 0. The van der Waals surface area contributed by atoms with E-state index in [2.05, 4.69) is 20.9 Å². The summed E-state index contributed by atoms with van der Waals surface area (Å²) in [6.07, 6.45) is 1.49. The van der Waals surface area contributed by atoms with Crippen LogP contribution in [0.2, 0.25) is 0 Å². The average molecular weight is 300 g/mol. The van der Waals surface area contributed by atoms with E-state index in [1.165, 1.54) is 36.5 Å². The van der Waals surface area contributed by atoms with Crippen LogP contribution in [0.1, 0.15) is 5.69 Å². The fraction of sp³-hybridized carbons (Fsp3) is 0.0833. The number of aromatic nitrogens is 1. The molecular formula is C12H8BrF2NO. The van der Waals surface area contributed by atoms with Gasteiger partial charge in [0.25, 0.3) is 0 Å². The summed E-state index contributed by atoms with van der Waals surface area (Å²) in [6, 6.07) is 6.83. The minimum absolute atomic E-state index is 0.00471. The Morgan fingerprint density at radius 2 is 1.88 bits per heavy atom. The van der Waals surface area contributed by atoms with Gasteiger partial charge in [0.1, 0.15) is 29.7 Å². The molecule has 0 bridgehead atoms. The predicted octanol–water partition coefficient (Wildman–Crippen LogP) is 3.70. The van der Waals surface area contributed by atoms with Gasteiger partial charge in [0.2, 0.25) is 0 Å². The molecule has 0 atom stereocenters. The molecule has 0 amide bonds. The van der Waals surface area contributed by atoms with Gasteiger partial charge in [-0.15, -0.1) is 0 Å². The fourth-order valence-electron chi connectivity index (χ4n) is 1.23. The average Bonchev–Trinajstić information content (AvgIpc) is 2.30. The third-order valence-corrected chi connectivity index (χ3v) is 2.51. The molecule has 5 heteroatoms. The highest BCUT2D eigenvalue weighted by Gasteiger charge is 2.05. The molecule has 17 heavy (non-hydrogen) atoms. The van der Waals surface area contributed by atoms with Crippen molar-refractivity contribution >= 4 is 15.9 Å². The first-order valence-corrected chi connectivity index (χ1v) is 5.63. The van der Waals surface area contributed by atoms with Gasteiger partial charge in [0.15, 0.2) is 0 Å². The molecule has 1 heterocycles. The van der Waals surface area contributed by atoms with E-state index < -0.39 is 5.82 Å². The SMILES string of the molecule is Fc1ccc(OCc2ncc(Br)cc2F)cc1. The molecule has 2 nitrogen and oxygen atoms in total. The van der Waals surface area contributed by atoms with Gasteiger partial charge in [-0.2, -0.15) is 0 Å². The van der Waals surface area contributed by atoms with Gasteiger partial charge in [-0.1, -0.05) is 0 Å². The Bertz CT molecular complexity index is 516. The van der Waals surface area contributed by atoms with Gasteiger partial charge in [0, 0.05) is 10.7 Å². The molecule has 0 N–H and O–H groups in total. The number of nitrogens with zero attached hydrogens (tertiary/aromatic N) is 1. The van der Waals surface area contributed by atoms with Crippen LogP contribution in [-0.2, 0) is 6.61 Å². The Balaban J connectivity index is 2.04. The predicted molar refractivity (Wildman–Crippen MR) is 62.6 cm³/mol. The number of ether oxygens (including phenoxy) is 1. The van der Waals surface area contributed by atoms with Gasteiger partial charge in [0.05, 0.1) is 0 Å². The Morgan fingerprint density at radius 1 is 1.18 bits per heavy atom. The van der Waals surface area contributed by atoms with Gasteiger partial charge in [-0.05, 0) is 46.3 Å². The molecule has 0 saturated heterocycles. The zero-order valence-corrected chi connectivity index (χ0v) is 10.2. The van der Waals surface area contributed by atoms with Crippen LogP contribution in [0.4, 0.5) is 8.78 Å². The van der Waals surface area contributed by atoms with Crippen LogP contribution in [0.25, 0.3) is 0 Å². The Hall–Kier alpha value is -1.49. The summed E-state index contributed by atoms with van der Waals surface area (Å²) < 4.78 is 31.9. The maximum absolute atomic E-state index is 13.4. The second kappa shape index (κ2) is 5.23. The molecule has 0 aliphatic heterocycles. The lowest BCUT2D eigenvalue weighted by Gasteiger charge is -2.06. The van der Waals surface area contributed by atoms with E-state index in [-0.39, 0.29) is 18.1 Å². The van der Waals surface area contributed by atoms with Crippen molar-refractivity contribution in [3.05, 3.63) is 58.3 Å². The maximum Gasteiger partial charge on any atom is 0.149 e. The summed E-state index contributed by atoms with van der Waals surface area (Å²) in [4.78, 5) is 3.89. The lowest BCUT2D eigenvalue weighted by atomic mass is 10.3. The quantitative estimate of drug-likeness (QED) is 0.862. The third-order valence-electron chi connectivity index (χ3n) is 2.07. The standard InChI is InChI=1S/C12H8BrF2NO/c13-8-5-11(15)12(16-6-8)7-17-10-3-1-9(14)2-4-10/h1-6H,7H2. The second-order valence-electron chi connectivity index (χ2n) is 3.32. The number of hydrogen-bond acceptors (Lipinski definition) is 2. The molecule has 2 rings (SSSR count). The van der Waals surface area contributed by atoms with E-state index in [9.17, 15) is 8.78 Å². The molecule has 2 aromatic rings. The van der Waals surface area contributed by atoms with Crippen molar-refractivity contribution < 1.29 is 13.5 Å². The van der Waals surface area contributed by atoms with Crippen molar-refractivity contribution in [3.63, 3.8) is 0 Å².